The maximum absolute atomic E-state index is 13.2. The van der Waals surface area contributed by atoms with Crippen molar-refractivity contribution in [2.45, 2.75) is 18.6 Å². The van der Waals surface area contributed by atoms with Gasteiger partial charge in [-0.25, -0.2) is 0 Å². The Hall–Kier alpha value is -1.47. The molecule has 0 aliphatic carbocycles. The predicted octanol–water partition coefficient (Wildman–Crippen LogP) is 2.37. The van der Waals surface area contributed by atoms with Gasteiger partial charge in [-0.05, 0) is 38.1 Å². The van der Waals surface area contributed by atoms with Crippen molar-refractivity contribution in [2.24, 2.45) is 11.7 Å². The quantitative estimate of drug-likeness (QED) is 0.900. The molecule has 21 heavy (non-hydrogen) atoms. The first-order valence-electron chi connectivity index (χ1n) is 6.67. The van der Waals surface area contributed by atoms with Gasteiger partial charge < -0.3 is 15.6 Å². The third-order valence-corrected chi connectivity index (χ3v) is 4.01. The summed E-state index contributed by atoms with van der Waals surface area (Å²) in [5.74, 6) is -0.281. The van der Waals surface area contributed by atoms with Crippen LogP contribution in [-0.4, -0.2) is 37.3 Å². The lowest BCUT2D eigenvalue weighted by Gasteiger charge is -2.25. The molecule has 0 bridgehead atoms. The average molecular weight is 304 g/mol. The van der Waals surface area contributed by atoms with E-state index in [1.165, 1.54) is 7.11 Å². The summed E-state index contributed by atoms with van der Waals surface area (Å²) < 4.78 is 44.6. The van der Waals surface area contributed by atoms with Crippen LogP contribution in [0, 0.1) is 5.92 Å². The maximum Gasteiger partial charge on any atom is 0.416 e. The van der Waals surface area contributed by atoms with E-state index < -0.39 is 23.5 Å². The van der Waals surface area contributed by atoms with Crippen LogP contribution < -0.4 is 10.5 Å². The van der Waals surface area contributed by atoms with Crippen LogP contribution in [0.1, 0.15) is 23.6 Å². The van der Waals surface area contributed by atoms with Gasteiger partial charge in [0.1, 0.15) is 0 Å². The number of hydrogen-bond acceptors (Lipinski definition) is 4. The van der Waals surface area contributed by atoms with Crippen molar-refractivity contribution in [1.29, 1.82) is 0 Å². The van der Waals surface area contributed by atoms with Gasteiger partial charge >= 0.3 is 6.18 Å². The number of benzene rings is 1. The Bertz CT molecular complexity index is 520. The summed E-state index contributed by atoms with van der Waals surface area (Å²) in [6.07, 6.45) is -4.04. The van der Waals surface area contributed by atoms with E-state index >= 15 is 0 Å². The number of rotatable bonds is 3. The first-order chi connectivity index (χ1) is 9.79. The van der Waals surface area contributed by atoms with Crippen molar-refractivity contribution < 1.29 is 23.0 Å². The number of ether oxygens (including phenoxy) is 1. The zero-order valence-electron chi connectivity index (χ0n) is 11.9. The molecule has 2 rings (SSSR count). The number of hydrogen-bond donors (Lipinski definition) is 2. The summed E-state index contributed by atoms with van der Waals surface area (Å²) in [6.45, 7) is 1.02. The van der Waals surface area contributed by atoms with Gasteiger partial charge in [-0.3, -0.25) is 4.90 Å². The third kappa shape index (κ3) is 2.94. The van der Waals surface area contributed by atoms with Gasteiger partial charge in [0.15, 0.2) is 11.5 Å². The van der Waals surface area contributed by atoms with E-state index in [4.69, 9.17) is 10.5 Å². The van der Waals surface area contributed by atoms with Crippen LogP contribution in [-0.2, 0) is 6.18 Å². The molecule has 3 N–H and O–H groups in total. The molecule has 2 unspecified atom stereocenters. The molecular weight excluding hydrogens is 285 g/mol. The molecule has 1 aliphatic rings. The second-order valence-electron chi connectivity index (χ2n) is 5.37. The molecule has 0 spiro atoms. The number of methoxy groups -OCH3 is 1. The summed E-state index contributed by atoms with van der Waals surface area (Å²) in [5, 5.41) is 10.2. The number of nitrogens with zero attached hydrogens (tertiary/aromatic N) is 1. The Kier molecular flexibility index (Phi) is 4.34. The molecule has 0 saturated carbocycles. The number of alkyl halides is 3. The standard InChI is InChI=1S/C14H19F3N2O2/c1-19-7-8(6-18)5-10(19)12-9(14(15,16)17)3-4-11(21-2)13(12)20/h3-4,8,10,20H,5-7,18H2,1-2H3. The first-order valence-corrected chi connectivity index (χ1v) is 6.67. The molecule has 1 aliphatic heterocycles. The van der Waals surface area contributed by atoms with Crippen molar-refractivity contribution in [3.63, 3.8) is 0 Å². The monoisotopic (exact) mass is 304 g/mol. The van der Waals surface area contributed by atoms with Gasteiger partial charge in [0, 0.05) is 18.2 Å². The number of phenolic OH excluding ortho intramolecular Hbond substituents is 1. The van der Waals surface area contributed by atoms with Gasteiger partial charge in [-0.2, -0.15) is 13.2 Å². The molecule has 0 amide bonds. The molecule has 1 aromatic rings. The van der Waals surface area contributed by atoms with Crippen LogP contribution in [0.4, 0.5) is 13.2 Å². The second kappa shape index (κ2) is 5.73. The highest BCUT2D eigenvalue weighted by Crippen LogP contribution is 2.47. The zero-order chi connectivity index (χ0) is 15.8. The van der Waals surface area contributed by atoms with Crippen molar-refractivity contribution >= 4 is 0 Å². The maximum atomic E-state index is 13.2. The van der Waals surface area contributed by atoms with E-state index in [2.05, 4.69) is 0 Å². The SMILES string of the molecule is COc1ccc(C(F)(F)F)c(C2CC(CN)CN2C)c1O. The van der Waals surface area contributed by atoms with Crippen molar-refractivity contribution in [3.8, 4) is 11.5 Å². The number of nitrogens with two attached hydrogens (primary N) is 1. The minimum absolute atomic E-state index is 0.0441. The van der Waals surface area contributed by atoms with E-state index in [-0.39, 0.29) is 17.2 Å². The fourth-order valence-electron chi connectivity index (χ4n) is 2.95. The molecule has 1 fully saturated rings. The Labute approximate surface area is 121 Å². The lowest BCUT2D eigenvalue weighted by molar-refractivity contribution is -0.138. The van der Waals surface area contributed by atoms with Crippen molar-refractivity contribution in [2.75, 3.05) is 27.2 Å². The average Bonchev–Trinajstić information content (AvgIpc) is 2.78. The largest absolute Gasteiger partial charge is 0.504 e. The Morgan fingerprint density at radius 2 is 2.10 bits per heavy atom. The van der Waals surface area contributed by atoms with Crippen LogP contribution in [0.3, 0.4) is 0 Å². The number of likely N-dealkylation sites (tertiary alicyclic amines) is 1. The normalized spacial score (nSPS) is 23.5. The molecule has 1 aromatic carbocycles. The third-order valence-electron chi connectivity index (χ3n) is 4.01. The molecule has 2 atom stereocenters. The molecule has 1 saturated heterocycles. The highest BCUT2D eigenvalue weighted by molar-refractivity contribution is 5.52. The summed E-state index contributed by atoms with van der Waals surface area (Å²) in [5.41, 5.74) is 4.67. The Morgan fingerprint density at radius 3 is 2.57 bits per heavy atom. The lowest BCUT2D eigenvalue weighted by Crippen LogP contribution is -2.22. The molecule has 118 valence electrons. The number of phenols is 1. The van der Waals surface area contributed by atoms with Crippen LogP contribution in [0.2, 0.25) is 0 Å². The lowest BCUT2D eigenvalue weighted by atomic mass is 9.94. The predicted molar refractivity (Wildman–Crippen MR) is 72.2 cm³/mol. The highest BCUT2D eigenvalue weighted by atomic mass is 19.4. The topological polar surface area (TPSA) is 58.7 Å². The molecule has 0 radical (unpaired) electrons. The van der Waals surface area contributed by atoms with Gasteiger partial charge in [-0.1, -0.05) is 0 Å². The minimum Gasteiger partial charge on any atom is -0.504 e. The molecule has 0 aromatic heterocycles. The fourth-order valence-corrected chi connectivity index (χ4v) is 2.95. The van der Waals surface area contributed by atoms with Crippen molar-refractivity contribution in [1.82, 2.24) is 4.90 Å². The summed E-state index contributed by atoms with van der Waals surface area (Å²) in [4.78, 5) is 1.79. The highest BCUT2D eigenvalue weighted by Gasteiger charge is 2.41. The van der Waals surface area contributed by atoms with E-state index in [0.29, 0.717) is 19.5 Å². The molecular formula is C14H19F3N2O2. The smallest absolute Gasteiger partial charge is 0.416 e. The van der Waals surface area contributed by atoms with E-state index in [1.54, 1.807) is 11.9 Å². The van der Waals surface area contributed by atoms with Gasteiger partial charge in [0.05, 0.1) is 12.7 Å². The Morgan fingerprint density at radius 1 is 1.43 bits per heavy atom. The number of aromatic hydroxyl groups is 1. The summed E-state index contributed by atoms with van der Waals surface area (Å²) in [6, 6.07) is 1.57. The van der Waals surface area contributed by atoms with Crippen molar-refractivity contribution in [3.05, 3.63) is 23.3 Å². The van der Waals surface area contributed by atoms with Crippen LogP contribution >= 0.6 is 0 Å². The summed E-state index contributed by atoms with van der Waals surface area (Å²) in [7, 11) is 3.05. The van der Waals surface area contributed by atoms with E-state index in [1.807, 2.05) is 0 Å². The second-order valence-corrected chi connectivity index (χ2v) is 5.37. The van der Waals surface area contributed by atoms with E-state index in [9.17, 15) is 18.3 Å². The zero-order valence-corrected chi connectivity index (χ0v) is 11.9. The van der Waals surface area contributed by atoms with Crippen LogP contribution in [0.15, 0.2) is 12.1 Å². The van der Waals surface area contributed by atoms with E-state index in [0.717, 1.165) is 12.1 Å². The number of halogens is 3. The minimum atomic E-state index is -4.53. The Balaban J connectivity index is 2.54. The molecule has 7 heteroatoms. The first kappa shape index (κ1) is 15.9. The summed E-state index contributed by atoms with van der Waals surface area (Å²) >= 11 is 0. The van der Waals surface area contributed by atoms with Crippen LogP contribution in [0.5, 0.6) is 11.5 Å². The van der Waals surface area contributed by atoms with Gasteiger partial charge in [-0.15, -0.1) is 0 Å². The fraction of sp³-hybridized carbons (Fsp3) is 0.571. The van der Waals surface area contributed by atoms with Gasteiger partial charge in [0.25, 0.3) is 0 Å². The molecule has 4 nitrogen and oxygen atoms in total. The van der Waals surface area contributed by atoms with Gasteiger partial charge in [0.2, 0.25) is 0 Å². The molecule has 1 heterocycles. The van der Waals surface area contributed by atoms with Crippen LogP contribution in [0.25, 0.3) is 0 Å².